The zero-order chi connectivity index (χ0) is 15.5. The summed E-state index contributed by atoms with van der Waals surface area (Å²) in [5.41, 5.74) is 0.787. The summed E-state index contributed by atoms with van der Waals surface area (Å²) >= 11 is 1.50. The van der Waals surface area contributed by atoms with E-state index in [2.05, 4.69) is 0 Å². The summed E-state index contributed by atoms with van der Waals surface area (Å²) in [7, 11) is 1.60. The van der Waals surface area contributed by atoms with Crippen LogP contribution in [0.4, 0.5) is 5.69 Å². The zero-order valence-corrected chi connectivity index (χ0v) is 13.0. The van der Waals surface area contributed by atoms with E-state index in [0.717, 1.165) is 16.3 Å². The Morgan fingerprint density at radius 2 is 1.82 bits per heavy atom. The first kappa shape index (κ1) is 14.9. The summed E-state index contributed by atoms with van der Waals surface area (Å²) in [6.07, 6.45) is 0. The Kier molecular flexibility index (Phi) is 4.36. The first-order chi connectivity index (χ1) is 10.7. The van der Waals surface area contributed by atoms with E-state index in [1.54, 1.807) is 12.0 Å². The molecule has 3 rings (SSSR count). The summed E-state index contributed by atoms with van der Waals surface area (Å²) in [4.78, 5) is 15.1. The largest absolute Gasteiger partial charge is 0.497 e. The molecule has 0 radical (unpaired) electrons. The molecule has 0 spiro atoms. The van der Waals surface area contributed by atoms with Gasteiger partial charge in [-0.2, -0.15) is 0 Å². The van der Waals surface area contributed by atoms with E-state index >= 15 is 0 Å². The third-order valence-corrected chi connectivity index (χ3v) is 5.02. The van der Waals surface area contributed by atoms with E-state index in [1.807, 2.05) is 54.6 Å². The number of aliphatic hydroxyl groups is 1. The summed E-state index contributed by atoms with van der Waals surface area (Å²) in [5, 5.41) is 9.41. The Balaban J connectivity index is 1.76. The highest BCUT2D eigenvalue weighted by atomic mass is 32.2. The van der Waals surface area contributed by atoms with E-state index in [1.165, 1.54) is 11.8 Å². The SMILES string of the molecule is COc1ccc(N2C(=O)[C@H](Sc3ccccc3)[C@H]2CO)cc1. The topological polar surface area (TPSA) is 49.8 Å². The third-order valence-electron chi connectivity index (χ3n) is 3.71. The predicted octanol–water partition coefficient (Wildman–Crippen LogP) is 2.56. The predicted molar refractivity (Wildman–Crippen MR) is 87.4 cm³/mol. The molecule has 114 valence electrons. The molecule has 1 heterocycles. The van der Waals surface area contributed by atoms with Crippen molar-refractivity contribution in [2.24, 2.45) is 0 Å². The minimum Gasteiger partial charge on any atom is -0.497 e. The highest BCUT2D eigenvalue weighted by molar-refractivity contribution is 8.00. The molecule has 0 saturated carbocycles. The van der Waals surface area contributed by atoms with Crippen molar-refractivity contribution in [3.63, 3.8) is 0 Å². The van der Waals surface area contributed by atoms with Gasteiger partial charge < -0.3 is 14.7 Å². The van der Waals surface area contributed by atoms with Crippen molar-refractivity contribution < 1.29 is 14.6 Å². The molecule has 0 bridgehead atoms. The molecule has 5 heteroatoms. The first-order valence-corrected chi connectivity index (χ1v) is 7.92. The fourth-order valence-corrected chi connectivity index (χ4v) is 3.72. The Hall–Kier alpha value is -1.98. The number of hydrogen-bond donors (Lipinski definition) is 1. The van der Waals surface area contributed by atoms with Crippen LogP contribution in [0, 0.1) is 0 Å². The quantitative estimate of drug-likeness (QED) is 0.862. The number of ether oxygens (including phenoxy) is 1. The molecule has 1 N–H and O–H groups in total. The van der Waals surface area contributed by atoms with Crippen LogP contribution in [-0.4, -0.2) is 36.0 Å². The maximum Gasteiger partial charge on any atom is 0.243 e. The Morgan fingerprint density at radius 3 is 2.41 bits per heavy atom. The zero-order valence-electron chi connectivity index (χ0n) is 12.2. The molecule has 2 aromatic rings. The van der Waals surface area contributed by atoms with Gasteiger partial charge >= 0.3 is 0 Å². The van der Waals surface area contributed by atoms with Gasteiger partial charge in [0.25, 0.3) is 0 Å². The number of benzene rings is 2. The number of carbonyl (C=O) groups is 1. The summed E-state index contributed by atoms with van der Waals surface area (Å²) in [6, 6.07) is 16.9. The minimum absolute atomic E-state index is 0.0260. The number of amides is 1. The van der Waals surface area contributed by atoms with Gasteiger partial charge in [0.1, 0.15) is 11.0 Å². The molecule has 1 saturated heterocycles. The van der Waals surface area contributed by atoms with E-state index in [-0.39, 0.29) is 23.8 Å². The van der Waals surface area contributed by atoms with Gasteiger partial charge in [-0.25, -0.2) is 0 Å². The van der Waals surface area contributed by atoms with Crippen molar-refractivity contribution in [3.8, 4) is 5.75 Å². The second kappa shape index (κ2) is 6.42. The number of rotatable bonds is 5. The fraction of sp³-hybridized carbons (Fsp3) is 0.235. The van der Waals surface area contributed by atoms with Gasteiger partial charge in [-0.3, -0.25) is 4.79 Å². The van der Waals surface area contributed by atoms with Crippen molar-refractivity contribution in [3.05, 3.63) is 54.6 Å². The average Bonchev–Trinajstić information content (AvgIpc) is 2.58. The number of anilines is 1. The molecular formula is C17H17NO3S. The molecule has 1 aliphatic heterocycles. The highest BCUT2D eigenvalue weighted by Crippen LogP contribution is 2.38. The van der Waals surface area contributed by atoms with Crippen molar-refractivity contribution >= 4 is 23.4 Å². The Labute approximate surface area is 133 Å². The van der Waals surface area contributed by atoms with Crippen LogP contribution in [-0.2, 0) is 4.79 Å². The standard InChI is InChI=1S/C17H17NO3S/c1-21-13-9-7-12(8-10-13)18-15(11-19)16(17(18)20)22-14-5-3-2-4-6-14/h2-10,15-16,19H,11H2,1H3/t15-,16-/m1/s1. The van der Waals surface area contributed by atoms with Gasteiger partial charge in [-0.05, 0) is 36.4 Å². The molecule has 0 unspecified atom stereocenters. The van der Waals surface area contributed by atoms with Crippen LogP contribution in [0.3, 0.4) is 0 Å². The van der Waals surface area contributed by atoms with Crippen LogP contribution in [0.2, 0.25) is 0 Å². The summed E-state index contributed by atoms with van der Waals surface area (Å²) in [5.74, 6) is 0.769. The van der Waals surface area contributed by atoms with Crippen LogP contribution in [0.25, 0.3) is 0 Å². The molecule has 1 amide bonds. The van der Waals surface area contributed by atoms with E-state index in [0.29, 0.717) is 0 Å². The molecule has 4 nitrogen and oxygen atoms in total. The lowest BCUT2D eigenvalue weighted by atomic mass is 10.0. The number of carbonyl (C=O) groups excluding carboxylic acids is 1. The molecule has 1 fully saturated rings. The third kappa shape index (κ3) is 2.69. The van der Waals surface area contributed by atoms with Gasteiger partial charge in [0.05, 0.1) is 19.8 Å². The Morgan fingerprint density at radius 1 is 1.14 bits per heavy atom. The number of thioether (sulfide) groups is 1. The van der Waals surface area contributed by atoms with Gasteiger partial charge in [0, 0.05) is 10.6 Å². The van der Waals surface area contributed by atoms with E-state index in [4.69, 9.17) is 4.74 Å². The lowest BCUT2D eigenvalue weighted by Crippen LogP contribution is -2.65. The highest BCUT2D eigenvalue weighted by Gasteiger charge is 2.48. The molecule has 2 aromatic carbocycles. The molecule has 1 aliphatic rings. The van der Waals surface area contributed by atoms with Gasteiger partial charge in [0.15, 0.2) is 0 Å². The second-order valence-corrected chi connectivity index (χ2v) is 6.22. The molecule has 0 aromatic heterocycles. The van der Waals surface area contributed by atoms with Crippen molar-refractivity contribution in [2.45, 2.75) is 16.2 Å². The second-order valence-electron chi connectivity index (χ2n) is 5.01. The number of β-lactam (4-membered cyclic amide) rings is 1. The maximum absolute atomic E-state index is 12.5. The summed E-state index contributed by atoms with van der Waals surface area (Å²) < 4.78 is 5.12. The number of aliphatic hydroxyl groups excluding tert-OH is 1. The van der Waals surface area contributed by atoms with Crippen LogP contribution < -0.4 is 9.64 Å². The van der Waals surface area contributed by atoms with Gasteiger partial charge in [0.2, 0.25) is 5.91 Å². The number of hydrogen-bond acceptors (Lipinski definition) is 4. The average molecular weight is 315 g/mol. The fourth-order valence-electron chi connectivity index (χ4n) is 2.53. The number of methoxy groups -OCH3 is 1. The van der Waals surface area contributed by atoms with E-state index < -0.39 is 0 Å². The van der Waals surface area contributed by atoms with E-state index in [9.17, 15) is 9.90 Å². The molecule has 2 atom stereocenters. The molecular weight excluding hydrogens is 298 g/mol. The summed E-state index contributed by atoms with van der Waals surface area (Å²) in [6.45, 7) is -0.0533. The maximum atomic E-state index is 12.5. The van der Waals surface area contributed by atoms with Crippen molar-refractivity contribution in [1.82, 2.24) is 0 Å². The van der Waals surface area contributed by atoms with Crippen LogP contribution in [0.15, 0.2) is 59.5 Å². The lowest BCUT2D eigenvalue weighted by molar-refractivity contribution is -0.124. The molecule has 22 heavy (non-hydrogen) atoms. The monoisotopic (exact) mass is 315 g/mol. The van der Waals surface area contributed by atoms with Gasteiger partial charge in [-0.1, -0.05) is 18.2 Å². The van der Waals surface area contributed by atoms with Gasteiger partial charge in [-0.15, -0.1) is 11.8 Å². The van der Waals surface area contributed by atoms with Crippen LogP contribution >= 0.6 is 11.8 Å². The number of nitrogens with zero attached hydrogens (tertiary/aromatic N) is 1. The molecule has 0 aliphatic carbocycles. The minimum atomic E-state index is -0.241. The lowest BCUT2D eigenvalue weighted by Gasteiger charge is -2.45. The first-order valence-electron chi connectivity index (χ1n) is 7.04. The van der Waals surface area contributed by atoms with Crippen LogP contribution in [0.1, 0.15) is 0 Å². The van der Waals surface area contributed by atoms with Crippen molar-refractivity contribution in [2.75, 3.05) is 18.6 Å². The Bertz CT molecular complexity index is 645. The van der Waals surface area contributed by atoms with Crippen molar-refractivity contribution in [1.29, 1.82) is 0 Å². The smallest absolute Gasteiger partial charge is 0.243 e. The normalized spacial score (nSPS) is 20.6. The van der Waals surface area contributed by atoms with Crippen LogP contribution in [0.5, 0.6) is 5.75 Å².